The third-order valence-corrected chi connectivity index (χ3v) is 6.15. The van der Waals surface area contributed by atoms with Gasteiger partial charge in [-0.15, -0.1) is 17.0 Å². The van der Waals surface area contributed by atoms with Crippen LogP contribution in [0.5, 0.6) is 0 Å². The fourth-order valence-corrected chi connectivity index (χ4v) is 4.30. The molecule has 0 fully saturated rings. The molecule has 0 bridgehead atoms. The van der Waals surface area contributed by atoms with Crippen molar-refractivity contribution >= 4 is 17.0 Å². The third-order valence-electron chi connectivity index (χ3n) is 6.15. The smallest absolute Gasteiger partial charge is 0.0187 e. The highest BCUT2D eigenvalue weighted by atomic mass is 79.9. The Bertz CT molecular complexity index is 305. The van der Waals surface area contributed by atoms with E-state index < -0.39 is 0 Å². The van der Waals surface area contributed by atoms with Crippen molar-refractivity contribution in [3.05, 3.63) is 12.2 Å². The molecule has 182 valence electrons. The van der Waals surface area contributed by atoms with E-state index in [1.165, 1.54) is 147 Å². The summed E-state index contributed by atoms with van der Waals surface area (Å²) < 4.78 is 0. The van der Waals surface area contributed by atoms with Gasteiger partial charge in [0.2, 0.25) is 0 Å². The van der Waals surface area contributed by atoms with E-state index in [4.69, 9.17) is 0 Å². The van der Waals surface area contributed by atoms with Gasteiger partial charge >= 0.3 is 0 Å². The van der Waals surface area contributed by atoms with Gasteiger partial charge in [0.15, 0.2) is 0 Å². The van der Waals surface area contributed by atoms with Crippen molar-refractivity contribution in [3.63, 3.8) is 0 Å². The van der Waals surface area contributed by atoms with E-state index in [2.05, 4.69) is 32.3 Å². The lowest BCUT2D eigenvalue weighted by Crippen LogP contribution is -2.27. The van der Waals surface area contributed by atoms with E-state index >= 15 is 0 Å². The molecule has 0 aliphatic rings. The second-order valence-corrected chi connectivity index (χ2v) is 9.60. The Kier molecular flexibility index (Phi) is 29.4. The highest BCUT2D eigenvalue weighted by Crippen LogP contribution is 2.13. The van der Waals surface area contributed by atoms with Crippen molar-refractivity contribution in [2.45, 2.75) is 149 Å². The summed E-state index contributed by atoms with van der Waals surface area (Å²) in [5, 5.41) is 0. The molecule has 0 aromatic rings. The second-order valence-electron chi connectivity index (χ2n) is 9.60. The van der Waals surface area contributed by atoms with Crippen LogP contribution in [0.2, 0.25) is 0 Å². The third kappa shape index (κ3) is 26.2. The molecule has 0 atom stereocenters. The first-order valence-corrected chi connectivity index (χ1v) is 13.6. The average Bonchev–Trinajstić information content (AvgIpc) is 2.70. The molecule has 0 aromatic heterocycles. The number of hydrogen-bond donors (Lipinski definition) is 0. The SMILES string of the molecule is Br.C=C(C)CN(CCCCCCCCCCCC)CCCCCCCCCCCC. The van der Waals surface area contributed by atoms with Crippen LogP contribution in [0.4, 0.5) is 0 Å². The molecule has 2 heteroatoms. The molecule has 0 aliphatic heterocycles. The lowest BCUT2D eigenvalue weighted by molar-refractivity contribution is 0.280. The minimum absolute atomic E-state index is 0. The summed E-state index contributed by atoms with van der Waals surface area (Å²) >= 11 is 0. The van der Waals surface area contributed by atoms with Crippen molar-refractivity contribution in [3.8, 4) is 0 Å². The zero-order valence-electron chi connectivity index (χ0n) is 21.3. The Balaban J connectivity index is 0. The summed E-state index contributed by atoms with van der Waals surface area (Å²) in [5.41, 5.74) is 1.32. The molecule has 0 saturated carbocycles. The van der Waals surface area contributed by atoms with Gasteiger partial charge in [0.25, 0.3) is 0 Å². The Hall–Kier alpha value is 0.180. The molecule has 0 spiro atoms. The van der Waals surface area contributed by atoms with Crippen molar-refractivity contribution in [2.24, 2.45) is 0 Å². The fraction of sp³-hybridized carbons (Fsp3) is 0.929. The monoisotopic (exact) mass is 487 g/mol. The number of hydrogen-bond acceptors (Lipinski definition) is 1. The predicted molar refractivity (Wildman–Crippen MR) is 145 cm³/mol. The van der Waals surface area contributed by atoms with E-state index in [0.717, 1.165) is 6.54 Å². The van der Waals surface area contributed by atoms with Gasteiger partial charge in [-0.1, -0.05) is 142 Å². The summed E-state index contributed by atoms with van der Waals surface area (Å²) in [6, 6.07) is 0. The van der Waals surface area contributed by atoms with Crippen LogP contribution in [0.3, 0.4) is 0 Å². The van der Waals surface area contributed by atoms with E-state index in [0.29, 0.717) is 0 Å². The van der Waals surface area contributed by atoms with Gasteiger partial charge in [0, 0.05) is 6.54 Å². The molecule has 0 radical (unpaired) electrons. The fourth-order valence-electron chi connectivity index (χ4n) is 4.30. The van der Waals surface area contributed by atoms with E-state index in [1.807, 2.05) is 0 Å². The van der Waals surface area contributed by atoms with Crippen LogP contribution in [0, 0.1) is 0 Å². The Morgan fingerprint density at radius 3 is 1.03 bits per heavy atom. The second kappa shape index (κ2) is 27.2. The molecule has 0 rings (SSSR count). The van der Waals surface area contributed by atoms with Crippen LogP contribution in [-0.2, 0) is 0 Å². The Morgan fingerprint density at radius 1 is 0.500 bits per heavy atom. The van der Waals surface area contributed by atoms with Gasteiger partial charge in [-0.3, -0.25) is 4.90 Å². The standard InChI is InChI=1S/C28H57N.BrH/c1-5-7-9-11-13-15-17-19-21-23-25-29(27-28(3)4)26-24-22-20-18-16-14-12-10-8-6-2;/h3,5-27H2,1-2,4H3;1H. The first kappa shape index (κ1) is 32.4. The van der Waals surface area contributed by atoms with E-state index in [1.54, 1.807) is 0 Å². The van der Waals surface area contributed by atoms with Crippen molar-refractivity contribution in [1.82, 2.24) is 4.90 Å². The zero-order chi connectivity index (χ0) is 21.4. The van der Waals surface area contributed by atoms with Crippen LogP contribution >= 0.6 is 17.0 Å². The first-order valence-electron chi connectivity index (χ1n) is 13.6. The largest absolute Gasteiger partial charge is 0.299 e. The quantitative estimate of drug-likeness (QED) is 0.0964. The molecule has 0 aromatic carbocycles. The van der Waals surface area contributed by atoms with Gasteiger partial charge in [0.1, 0.15) is 0 Å². The normalized spacial score (nSPS) is 11.1. The number of halogens is 1. The summed E-state index contributed by atoms with van der Waals surface area (Å²) in [4.78, 5) is 2.66. The van der Waals surface area contributed by atoms with Gasteiger partial charge < -0.3 is 0 Å². The Labute approximate surface area is 202 Å². The zero-order valence-corrected chi connectivity index (χ0v) is 23.0. The minimum Gasteiger partial charge on any atom is -0.299 e. The van der Waals surface area contributed by atoms with Crippen molar-refractivity contribution < 1.29 is 0 Å². The van der Waals surface area contributed by atoms with Crippen LogP contribution in [0.15, 0.2) is 12.2 Å². The number of rotatable bonds is 24. The summed E-state index contributed by atoms with van der Waals surface area (Å²) in [6.45, 7) is 14.6. The number of nitrogens with zero attached hydrogens (tertiary/aromatic N) is 1. The first-order chi connectivity index (χ1) is 14.2. The molecular weight excluding hydrogens is 430 g/mol. The van der Waals surface area contributed by atoms with Crippen LogP contribution in [0.1, 0.15) is 149 Å². The van der Waals surface area contributed by atoms with Crippen molar-refractivity contribution in [1.29, 1.82) is 0 Å². The summed E-state index contributed by atoms with van der Waals surface area (Å²) in [6.07, 6.45) is 28.6. The van der Waals surface area contributed by atoms with Crippen LogP contribution < -0.4 is 0 Å². The molecule has 0 aliphatic carbocycles. The molecule has 0 amide bonds. The average molecular weight is 489 g/mol. The van der Waals surface area contributed by atoms with Crippen LogP contribution in [-0.4, -0.2) is 24.5 Å². The molecule has 0 unspecified atom stereocenters. The molecule has 1 nitrogen and oxygen atoms in total. The maximum Gasteiger partial charge on any atom is 0.0187 e. The van der Waals surface area contributed by atoms with Crippen LogP contribution in [0.25, 0.3) is 0 Å². The van der Waals surface area contributed by atoms with Gasteiger partial charge in [-0.2, -0.15) is 0 Å². The van der Waals surface area contributed by atoms with Gasteiger partial charge in [-0.05, 0) is 32.9 Å². The molecular formula is C28H58BrN. The number of unbranched alkanes of at least 4 members (excludes halogenated alkanes) is 18. The lowest BCUT2D eigenvalue weighted by atomic mass is 10.1. The lowest BCUT2D eigenvalue weighted by Gasteiger charge is -2.22. The molecule has 0 N–H and O–H groups in total. The highest BCUT2D eigenvalue weighted by Gasteiger charge is 2.05. The topological polar surface area (TPSA) is 3.24 Å². The molecule has 30 heavy (non-hydrogen) atoms. The van der Waals surface area contributed by atoms with Gasteiger partial charge in [-0.25, -0.2) is 0 Å². The minimum atomic E-state index is 0. The summed E-state index contributed by atoms with van der Waals surface area (Å²) in [5.74, 6) is 0. The molecule has 0 saturated heterocycles. The maximum atomic E-state index is 4.15. The summed E-state index contributed by atoms with van der Waals surface area (Å²) in [7, 11) is 0. The van der Waals surface area contributed by atoms with E-state index in [9.17, 15) is 0 Å². The Morgan fingerprint density at radius 2 is 0.767 bits per heavy atom. The predicted octanol–water partition coefficient (Wildman–Crippen LogP) is 10.3. The molecule has 0 heterocycles. The van der Waals surface area contributed by atoms with Gasteiger partial charge in [0.05, 0.1) is 0 Å². The highest BCUT2D eigenvalue weighted by molar-refractivity contribution is 8.93. The van der Waals surface area contributed by atoms with Crippen molar-refractivity contribution in [2.75, 3.05) is 19.6 Å². The van der Waals surface area contributed by atoms with E-state index in [-0.39, 0.29) is 17.0 Å². The maximum absolute atomic E-state index is 4.15.